The quantitative estimate of drug-likeness (QED) is 0.645. The molecule has 2 nitrogen and oxygen atoms in total. The number of hydrogen-bond donors (Lipinski definition) is 1. The van der Waals surface area contributed by atoms with Crippen molar-refractivity contribution in [3.05, 3.63) is 15.6 Å². The summed E-state index contributed by atoms with van der Waals surface area (Å²) in [5, 5.41) is 4.82. The maximum Gasteiger partial charge on any atom is 0.103 e. The Hall–Kier alpha value is -0.0600. The van der Waals surface area contributed by atoms with Crippen molar-refractivity contribution in [1.82, 2.24) is 10.3 Å². The van der Waals surface area contributed by atoms with E-state index >= 15 is 0 Å². The number of thioether (sulfide) groups is 1. The Morgan fingerprint density at radius 3 is 2.68 bits per heavy atom. The fourth-order valence-corrected chi connectivity index (χ4v) is 3.88. The minimum atomic E-state index is 0.683. The van der Waals surface area contributed by atoms with Crippen LogP contribution in [0.2, 0.25) is 0 Å². The molecule has 0 radical (unpaired) electrons. The normalized spacial score (nSPS) is 11.4. The second kappa shape index (κ2) is 9.78. The minimum absolute atomic E-state index is 0.683. The van der Waals surface area contributed by atoms with Crippen LogP contribution in [-0.2, 0) is 18.7 Å². The average Bonchev–Trinajstić information content (AvgIpc) is 2.72. The van der Waals surface area contributed by atoms with Gasteiger partial charge in [-0.3, -0.25) is 0 Å². The third-order valence-electron chi connectivity index (χ3n) is 2.71. The van der Waals surface area contributed by atoms with Crippen LogP contribution in [0.4, 0.5) is 0 Å². The molecular weight excluding hydrogens is 272 g/mol. The van der Waals surface area contributed by atoms with E-state index in [2.05, 4.69) is 33.0 Å². The SMILES string of the molecule is CCCNCc1sc(CSCCC)nc1CC(C)C. The van der Waals surface area contributed by atoms with Gasteiger partial charge in [0.2, 0.25) is 0 Å². The van der Waals surface area contributed by atoms with E-state index in [9.17, 15) is 0 Å². The van der Waals surface area contributed by atoms with E-state index in [0.29, 0.717) is 5.92 Å². The summed E-state index contributed by atoms with van der Waals surface area (Å²) in [6.07, 6.45) is 3.55. The van der Waals surface area contributed by atoms with Crippen molar-refractivity contribution in [3.63, 3.8) is 0 Å². The fourth-order valence-electron chi connectivity index (χ4n) is 1.87. The highest BCUT2D eigenvalue weighted by Gasteiger charge is 2.12. The molecule has 0 atom stereocenters. The highest BCUT2D eigenvalue weighted by atomic mass is 32.2. The second-order valence-electron chi connectivity index (χ2n) is 5.30. The van der Waals surface area contributed by atoms with E-state index in [0.717, 1.165) is 25.3 Å². The van der Waals surface area contributed by atoms with Crippen molar-refractivity contribution < 1.29 is 0 Å². The van der Waals surface area contributed by atoms with Gasteiger partial charge in [0.05, 0.1) is 5.69 Å². The standard InChI is InChI=1S/C15H28N2S2/c1-5-7-16-10-14-13(9-12(3)4)17-15(19-14)11-18-8-6-2/h12,16H,5-11H2,1-4H3. The summed E-state index contributed by atoms with van der Waals surface area (Å²) in [6, 6.07) is 0. The Morgan fingerprint density at radius 2 is 2.05 bits per heavy atom. The maximum absolute atomic E-state index is 4.86. The molecule has 0 aliphatic rings. The lowest BCUT2D eigenvalue weighted by Gasteiger charge is -2.05. The lowest BCUT2D eigenvalue weighted by molar-refractivity contribution is 0.622. The molecule has 1 rings (SSSR count). The summed E-state index contributed by atoms with van der Waals surface area (Å²) in [5.41, 5.74) is 1.33. The average molecular weight is 301 g/mol. The van der Waals surface area contributed by atoms with Crippen LogP contribution in [0.5, 0.6) is 0 Å². The zero-order chi connectivity index (χ0) is 14.1. The van der Waals surface area contributed by atoms with Gasteiger partial charge in [0, 0.05) is 17.2 Å². The molecule has 0 aromatic carbocycles. The number of nitrogens with one attached hydrogen (secondary N) is 1. The number of nitrogens with zero attached hydrogens (tertiary/aromatic N) is 1. The van der Waals surface area contributed by atoms with Crippen molar-refractivity contribution >= 4 is 23.1 Å². The van der Waals surface area contributed by atoms with Crippen LogP contribution in [0.25, 0.3) is 0 Å². The predicted octanol–water partition coefficient (Wildman–Crippen LogP) is 4.48. The van der Waals surface area contributed by atoms with Gasteiger partial charge in [0.1, 0.15) is 5.01 Å². The molecule has 1 N–H and O–H groups in total. The van der Waals surface area contributed by atoms with Crippen LogP contribution in [0.1, 0.15) is 56.1 Å². The Bertz CT molecular complexity index is 348. The lowest BCUT2D eigenvalue weighted by atomic mass is 10.1. The molecule has 0 aliphatic carbocycles. The third kappa shape index (κ3) is 6.77. The van der Waals surface area contributed by atoms with Gasteiger partial charge >= 0.3 is 0 Å². The lowest BCUT2D eigenvalue weighted by Crippen LogP contribution is -2.14. The third-order valence-corrected chi connectivity index (χ3v) is 5.17. The van der Waals surface area contributed by atoms with E-state index in [-0.39, 0.29) is 0 Å². The number of thiazole rings is 1. The zero-order valence-electron chi connectivity index (χ0n) is 12.8. The molecule has 1 aromatic rings. The Kier molecular flexibility index (Phi) is 8.75. The van der Waals surface area contributed by atoms with Gasteiger partial charge in [0.25, 0.3) is 0 Å². The summed E-state index contributed by atoms with van der Waals surface area (Å²) in [5.74, 6) is 3.00. The monoisotopic (exact) mass is 300 g/mol. The molecule has 0 spiro atoms. The number of hydrogen-bond acceptors (Lipinski definition) is 4. The summed E-state index contributed by atoms with van der Waals surface area (Å²) < 4.78 is 0. The summed E-state index contributed by atoms with van der Waals surface area (Å²) in [4.78, 5) is 6.31. The zero-order valence-corrected chi connectivity index (χ0v) is 14.4. The van der Waals surface area contributed by atoms with Crippen molar-refractivity contribution in [2.75, 3.05) is 12.3 Å². The first-order valence-corrected chi connectivity index (χ1v) is 9.40. The van der Waals surface area contributed by atoms with E-state index in [4.69, 9.17) is 4.98 Å². The van der Waals surface area contributed by atoms with Crippen molar-refractivity contribution in [1.29, 1.82) is 0 Å². The van der Waals surface area contributed by atoms with E-state index in [1.165, 1.54) is 34.2 Å². The summed E-state index contributed by atoms with van der Waals surface area (Å²) >= 11 is 3.91. The van der Waals surface area contributed by atoms with Gasteiger partial charge in [-0.2, -0.15) is 11.8 Å². The fraction of sp³-hybridized carbons (Fsp3) is 0.800. The molecule has 0 saturated carbocycles. The molecule has 19 heavy (non-hydrogen) atoms. The van der Waals surface area contributed by atoms with E-state index < -0.39 is 0 Å². The van der Waals surface area contributed by atoms with Crippen LogP contribution in [0.3, 0.4) is 0 Å². The predicted molar refractivity (Wildman–Crippen MR) is 89.1 cm³/mol. The van der Waals surface area contributed by atoms with Crippen LogP contribution < -0.4 is 5.32 Å². The molecule has 0 amide bonds. The first-order chi connectivity index (χ1) is 9.17. The summed E-state index contributed by atoms with van der Waals surface area (Å²) in [7, 11) is 0. The topological polar surface area (TPSA) is 24.9 Å². The smallest absolute Gasteiger partial charge is 0.103 e. The van der Waals surface area contributed by atoms with Gasteiger partial charge in [-0.1, -0.05) is 27.7 Å². The molecule has 0 unspecified atom stereocenters. The van der Waals surface area contributed by atoms with Crippen molar-refractivity contribution in [3.8, 4) is 0 Å². The minimum Gasteiger partial charge on any atom is -0.312 e. The highest BCUT2D eigenvalue weighted by molar-refractivity contribution is 7.98. The Labute approximate surface area is 126 Å². The van der Waals surface area contributed by atoms with Gasteiger partial charge < -0.3 is 5.32 Å². The molecule has 110 valence electrons. The van der Waals surface area contributed by atoms with Crippen molar-refractivity contribution in [2.45, 2.75) is 59.3 Å². The van der Waals surface area contributed by atoms with Crippen LogP contribution in [-0.4, -0.2) is 17.3 Å². The largest absolute Gasteiger partial charge is 0.312 e. The number of aromatic nitrogens is 1. The van der Waals surface area contributed by atoms with E-state index in [1.807, 2.05) is 23.1 Å². The van der Waals surface area contributed by atoms with E-state index in [1.54, 1.807) is 0 Å². The first-order valence-electron chi connectivity index (χ1n) is 7.43. The van der Waals surface area contributed by atoms with Crippen LogP contribution in [0, 0.1) is 5.92 Å². The Morgan fingerprint density at radius 1 is 1.26 bits per heavy atom. The van der Waals surface area contributed by atoms with Gasteiger partial charge in [-0.15, -0.1) is 11.3 Å². The van der Waals surface area contributed by atoms with Crippen LogP contribution in [0.15, 0.2) is 0 Å². The summed E-state index contributed by atoms with van der Waals surface area (Å²) in [6.45, 7) is 11.1. The molecular formula is C15H28N2S2. The maximum atomic E-state index is 4.86. The molecule has 0 aliphatic heterocycles. The Balaban J connectivity index is 2.62. The highest BCUT2D eigenvalue weighted by Crippen LogP contribution is 2.24. The van der Waals surface area contributed by atoms with Crippen LogP contribution >= 0.6 is 23.1 Å². The molecule has 1 heterocycles. The molecule has 0 fully saturated rings. The molecule has 0 saturated heterocycles. The van der Waals surface area contributed by atoms with Gasteiger partial charge in [-0.05, 0) is 37.5 Å². The molecule has 0 bridgehead atoms. The van der Waals surface area contributed by atoms with Crippen molar-refractivity contribution in [2.24, 2.45) is 5.92 Å². The molecule has 4 heteroatoms. The van der Waals surface area contributed by atoms with Gasteiger partial charge in [0.15, 0.2) is 0 Å². The second-order valence-corrected chi connectivity index (χ2v) is 7.58. The first kappa shape index (κ1) is 17.0. The molecule has 1 aromatic heterocycles. The number of rotatable bonds is 10. The van der Waals surface area contributed by atoms with Gasteiger partial charge in [-0.25, -0.2) is 4.98 Å².